The highest BCUT2D eigenvalue weighted by Gasteiger charge is 2.26. The van der Waals surface area contributed by atoms with Crippen LogP contribution in [0.1, 0.15) is 26.3 Å². The second-order valence-electron chi connectivity index (χ2n) is 8.22. The molecule has 1 aliphatic heterocycles. The van der Waals surface area contributed by atoms with Crippen LogP contribution in [-0.2, 0) is 0 Å². The van der Waals surface area contributed by atoms with E-state index in [0.717, 1.165) is 0 Å². The zero-order valence-electron chi connectivity index (χ0n) is 17.5. The maximum Gasteiger partial charge on any atom is 0.103 e. The molecule has 0 unspecified atom stereocenters. The second kappa shape index (κ2) is 6.70. The van der Waals surface area contributed by atoms with E-state index in [1.54, 1.807) is 0 Å². The molecule has 3 aromatic carbocycles. The SMILES string of the molecule is Cc1cc2c(cc1N1C=CN(C(C)C)[C@@H]1C)c1ccccc1n2-c1ccccc1. The lowest BCUT2D eigenvalue weighted by Crippen LogP contribution is -2.39. The van der Waals surface area contributed by atoms with Crippen LogP contribution in [0.5, 0.6) is 0 Å². The number of nitrogens with zero attached hydrogens (tertiary/aromatic N) is 3. The van der Waals surface area contributed by atoms with Gasteiger partial charge in [-0.1, -0.05) is 36.4 Å². The minimum absolute atomic E-state index is 0.314. The maximum absolute atomic E-state index is 2.40. The van der Waals surface area contributed by atoms with Crippen molar-refractivity contribution in [1.82, 2.24) is 9.47 Å². The topological polar surface area (TPSA) is 11.4 Å². The number of benzene rings is 3. The number of rotatable bonds is 3. The Morgan fingerprint density at radius 3 is 2.24 bits per heavy atom. The summed E-state index contributed by atoms with van der Waals surface area (Å²) >= 11 is 0. The van der Waals surface area contributed by atoms with Gasteiger partial charge in [0.05, 0.1) is 11.0 Å². The van der Waals surface area contributed by atoms with Gasteiger partial charge in [-0.25, -0.2) is 0 Å². The molecule has 0 N–H and O–H groups in total. The first-order chi connectivity index (χ1) is 14.1. The van der Waals surface area contributed by atoms with Crippen LogP contribution in [0.15, 0.2) is 79.1 Å². The summed E-state index contributed by atoms with van der Waals surface area (Å²) in [5.74, 6) is 0. The first-order valence-corrected chi connectivity index (χ1v) is 10.4. The van der Waals surface area contributed by atoms with E-state index in [-0.39, 0.29) is 0 Å². The van der Waals surface area contributed by atoms with Gasteiger partial charge in [0.15, 0.2) is 0 Å². The maximum atomic E-state index is 2.40. The standard InChI is InChI=1S/C26H27N3/c1-18(2)27-14-15-28(20(27)4)25-17-23-22-12-8-9-13-24(22)29(26(23)16-19(25)3)21-10-6-5-7-11-21/h5-18,20H,1-4H3/t20-/m0/s1. The summed E-state index contributed by atoms with van der Waals surface area (Å²) in [4.78, 5) is 4.79. The Morgan fingerprint density at radius 1 is 0.793 bits per heavy atom. The molecule has 0 bridgehead atoms. The van der Waals surface area contributed by atoms with Gasteiger partial charge in [-0.3, -0.25) is 0 Å². The van der Waals surface area contributed by atoms with Crippen LogP contribution >= 0.6 is 0 Å². The highest BCUT2D eigenvalue weighted by atomic mass is 15.4. The van der Waals surface area contributed by atoms with Crippen molar-refractivity contribution in [3.8, 4) is 5.69 Å². The molecule has 0 saturated heterocycles. The Morgan fingerprint density at radius 2 is 1.52 bits per heavy atom. The van der Waals surface area contributed by atoms with Crippen LogP contribution in [-0.4, -0.2) is 21.7 Å². The average molecular weight is 382 g/mol. The highest BCUT2D eigenvalue weighted by molar-refractivity contribution is 6.10. The Kier molecular flexibility index (Phi) is 4.13. The summed E-state index contributed by atoms with van der Waals surface area (Å²) in [6.07, 6.45) is 4.75. The van der Waals surface area contributed by atoms with Crippen LogP contribution in [0.4, 0.5) is 5.69 Å². The number of aromatic nitrogens is 1. The zero-order chi connectivity index (χ0) is 20.1. The number of para-hydroxylation sites is 2. The van der Waals surface area contributed by atoms with Crippen LogP contribution in [0.25, 0.3) is 27.5 Å². The molecule has 0 amide bonds. The van der Waals surface area contributed by atoms with Gasteiger partial charge < -0.3 is 14.4 Å². The van der Waals surface area contributed by atoms with Crippen molar-refractivity contribution in [3.63, 3.8) is 0 Å². The molecule has 1 aromatic heterocycles. The fraction of sp³-hybridized carbons (Fsp3) is 0.231. The molecule has 1 aliphatic rings. The Balaban J connectivity index is 1.75. The molecular weight excluding hydrogens is 354 g/mol. The summed E-state index contributed by atoms with van der Waals surface area (Å²) in [7, 11) is 0. The molecule has 4 aromatic rings. The molecule has 1 atom stereocenters. The van der Waals surface area contributed by atoms with Crippen molar-refractivity contribution in [2.45, 2.75) is 39.9 Å². The summed E-state index contributed by atoms with van der Waals surface area (Å²) in [6.45, 7) is 8.99. The van der Waals surface area contributed by atoms with Gasteiger partial charge in [0.1, 0.15) is 6.17 Å². The normalized spacial score (nSPS) is 16.7. The molecule has 146 valence electrons. The number of fused-ring (bicyclic) bond motifs is 3. The number of anilines is 1. The molecule has 0 aliphatic carbocycles. The van der Waals surface area contributed by atoms with Gasteiger partial charge >= 0.3 is 0 Å². The average Bonchev–Trinajstić information content (AvgIpc) is 3.25. The van der Waals surface area contributed by atoms with Crippen LogP contribution < -0.4 is 4.90 Å². The number of hydrogen-bond donors (Lipinski definition) is 0. The molecular formula is C26H27N3. The third-order valence-corrected chi connectivity index (χ3v) is 6.11. The van der Waals surface area contributed by atoms with E-state index in [0.29, 0.717) is 12.2 Å². The molecule has 0 radical (unpaired) electrons. The van der Waals surface area contributed by atoms with E-state index in [9.17, 15) is 0 Å². The summed E-state index contributed by atoms with van der Waals surface area (Å²) in [5, 5.41) is 2.60. The lowest BCUT2D eigenvalue weighted by Gasteiger charge is -2.33. The van der Waals surface area contributed by atoms with Crippen molar-refractivity contribution in [3.05, 3.63) is 84.7 Å². The molecule has 3 nitrogen and oxygen atoms in total. The zero-order valence-corrected chi connectivity index (χ0v) is 17.5. The summed E-state index contributed by atoms with van der Waals surface area (Å²) in [6, 6.07) is 24.6. The van der Waals surface area contributed by atoms with E-state index in [2.05, 4.69) is 121 Å². The van der Waals surface area contributed by atoms with E-state index in [1.165, 1.54) is 38.7 Å². The van der Waals surface area contributed by atoms with Gasteiger partial charge in [0, 0.05) is 40.6 Å². The van der Waals surface area contributed by atoms with Crippen molar-refractivity contribution in [1.29, 1.82) is 0 Å². The summed E-state index contributed by atoms with van der Waals surface area (Å²) < 4.78 is 2.38. The molecule has 2 heterocycles. The Labute approximate surface area is 172 Å². The van der Waals surface area contributed by atoms with Gasteiger partial charge in [0.25, 0.3) is 0 Å². The van der Waals surface area contributed by atoms with Crippen molar-refractivity contribution >= 4 is 27.5 Å². The summed E-state index contributed by atoms with van der Waals surface area (Å²) in [5.41, 5.74) is 6.28. The van der Waals surface area contributed by atoms with Crippen molar-refractivity contribution in [2.24, 2.45) is 0 Å². The first-order valence-electron chi connectivity index (χ1n) is 10.4. The predicted octanol–water partition coefficient (Wildman–Crippen LogP) is 6.44. The largest absolute Gasteiger partial charge is 0.353 e. The lowest BCUT2D eigenvalue weighted by atomic mass is 10.1. The Hall–Kier alpha value is -3.20. The quantitative estimate of drug-likeness (QED) is 0.404. The van der Waals surface area contributed by atoms with Crippen molar-refractivity contribution in [2.75, 3.05) is 4.90 Å². The molecule has 3 heteroatoms. The first kappa shape index (κ1) is 17.9. The third kappa shape index (κ3) is 2.72. The number of hydrogen-bond acceptors (Lipinski definition) is 2. The fourth-order valence-corrected chi connectivity index (χ4v) is 4.67. The number of aryl methyl sites for hydroxylation is 1. The lowest BCUT2D eigenvalue weighted by molar-refractivity contribution is 0.263. The molecule has 0 saturated carbocycles. The molecule has 29 heavy (non-hydrogen) atoms. The molecule has 0 spiro atoms. The molecule has 0 fully saturated rings. The van der Waals surface area contributed by atoms with E-state index in [4.69, 9.17) is 0 Å². The van der Waals surface area contributed by atoms with Gasteiger partial charge in [-0.15, -0.1) is 0 Å². The van der Waals surface area contributed by atoms with Gasteiger partial charge in [-0.2, -0.15) is 0 Å². The third-order valence-electron chi connectivity index (χ3n) is 6.11. The minimum Gasteiger partial charge on any atom is -0.353 e. The van der Waals surface area contributed by atoms with Crippen molar-refractivity contribution < 1.29 is 0 Å². The second-order valence-corrected chi connectivity index (χ2v) is 8.22. The molecule has 5 rings (SSSR count). The van der Waals surface area contributed by atoms with Crippen LogP contribution in [0.3, 0.4) is 0 Å². The minimum atomic E-state index is 0.314. The fourth-order valence-electron chi connectivity index (χ4n) is 4.67. The predicted molar refractivity (Wildman–Crippen MR) is 124 cm³/mol. The highest BCUT2D eigenvalue weighted by Crippen LogP contribution is 2.38. The van der Waals surface area contributed by atoms with Crippen LogP contribution in [0, 0.1) is 6.92 Å². The van der Waals surface area contributed by atoms with E-state index < -0.39 is 0 Å². The van der Waals surface area contributed by atoms with E-state index in [1.807, 2.05) is 0 Å². The Bertz CT molecular complexity index is 1220. The van der Waals surface area contributed by atoms with E-state index >= 15 is 0 Å². The monoisotopic (exact) mass is 381 g/mol. The van der Waals surface area contributed by atoms with Crippen LogP contribution in [0.2, 0.25) is 0 Å². The smallest absolute Gasteiger partial charge is 0.103 e. The van der Waals surface area contributed by atoms with Gasteiger partial charge in [-0.05, 0) is 63.6 Å². The van der Waals surface area contributed by atoms with Gasteiger partial charge in [0.2, 0.25) is 0 Å².